The highest BCUT2D eigenvalue weighted by Gasteiger charge is 1.97. The van der Waals surface area contributed by atoms with E-state index in [0.29, 0.717) is 5.56 Å². The van der Waals surface area contributed by atoms with Gasteiger partial charge in [0.25, 0.3) is 0 Å². The molecule has 0 unspecified atom stereocenters. The second kappa shape index (κ2) is 3.83. The van der Waals surface area contributed by atoms with Gasteiger partial charge in [-0.1, -0.05) is 24.3 Å². The summed E-state index contributed by atoms with van der Waals surface area (Å²) in [4.78, 5) is 14.6. The van der Waals surface area contributed by atoms with Crippen molar-refractivity contribution in [2.75, 3.05) is 0 Å². The summed E-state index contributed by atoms with van der Waals surface area (Å²) >= 11 is 0. The number of hydrogen-bond acceptors (Lipinski definition) is 2. The van der Waals surface area contributed by atoms with E-state index < -0.39 is 0 Å². The summed E-state index contributed by atoms with van der Waals surface area (Å²) in [6, 6.07) is 11.3. The number of pyridine rings is 1. The second-order valence-corrected chi connectivity index (χ2v) is 2.99. The predicted octanol–water partition coefficient (Wildman–Crippen LogP) is 2.56. The highest BCUT2D eigenvalue weighted by molar-refractivity contribution is 5.78. The maximum Gasteiger partial charge on any atom is 0.150 e. The van der Waals surface area contributed by atoms with Crippen LogP contribution in [0.25, 0.3) is 11.1 Å². The quantitative estimate of drug-likeness (QED) is 0.670. The smallest absolute Gasteiger partial charge is 0.150 e. The number of hydrogen-bond donors (Lipinski definition) is 0. The minimum Gasteiger partial charge on any atom is -0.298 e. The number of benzene rings is 1. The van der Waals surface area contributed by atoms with Crippen molar-refractivity contribution in [3.8, 4) is 11.1 Å². The molecule has 2 heteroatoms. The average molecular weight is 183 g/mol. The summed E-state index contributed by atoms with van der Waals surface area (Å²) in [5.41, 5.74) is 2.73. The molecule has 0 saturated carbocycles. The molecular formula is C12H9NO. The zero-order chi connectivity index (χ0) is 9.80. The van der Waals surface area contributed by atoms with Crippen LogP contribution in [0, 0.1) is 0 Å². The number of carbonyl (C=O) groups is 1. The largest absolute Gasteiger partial charge is 0.298 e. The number of carbonyl (C=O) groups excluding carboxylic acids is 1. The fourth-order valence-electron chi connectivity index (χ4n) is 1.33. The summed E-state index contributed by atoms with van der Waals surface area (Å²) in [5, 5.41) is 0. The Balaban J connectivity index is 2.47. The SMILES string of the molecule is O=Cc1cccc(-c2cccnc2)c1. The number of aldehydes is 1. The van der Waals surface area contributed by atoms with E-state index in [4.69, 9.17) is 0 Å². The maximum atomic E-state index is 10.6. The van der Waals surface area contributed by atoms with E-state index in [1.165, 1.54) is 0 Å². The van der Waals surface area contributed by atoms with E-state index in [2.05, 4.69) is 4.98 Å². The maximum absolute atomic E-state index is 10.6. The van der Waals surface area contributed by atoms with Crippen molar-refractivity contribution in [3.05, 3.63) is 54.4 Å². The molecule has 0 spiro atoms. The zero-order valence-electron chi connectivity index (χ0n) is 7.55. The van der Waals surface area contributed by atoms with Gasteiger partial charge in [-0.3, -0.25) is 9.78 Å². The topological polar surface area (TPSA) is 30.0 Å². The standard InChI is InChI=1S/C12H9NO/c14-9-10-3-1-4-11(7-10)12-5-2-6-13-8-12/h1-9H. The molecule has 0 saturated heterocycles. The Morgan fingerprint density at radius 2 is 1.93 bits per heavy atom. The van der Waals surface area contributed by atoms with Crippen molar-refractivity contribution in [3.63, 3.8) is 0 Å². The summed E-state index contributed by atoms with van der Waals surface area (Å²) in [6.45, 7) is 0. The summed E-state index contributed by atoms with van der Waals surface area (Å²) in [5.74, 6) is 0. The molecule has 0 N–H and O–H groups in total. The third-order valence-corrected chi connectivity index (χ3v) is 2.02. The van der Waals surface area contributed by atoms with E-state index in [1.54, 1.807) is 18.5 Å². The van der Waals surface area contributed by atoms with Crippen molar-refractivity contribution in [2.45, 2.75) is 0 Å². The Morgan fingerprint density at radius 3 is 2.64 bits per heavy atom. The second-order valence-electron chi connectivity index (χ2n) is 2.99. The molecule has 0 atom stereocenters. The lowest BCUT2D eigenvalue weighted by Crippen LogP contribution is -1.82. The van der Waals surface area contributed by atoms with Crippen LogP contribution in [0.5, 0.6) is 0 Å². The molecule has 0 fully saturated rings. The molecule has 1 aromatic heterocycles. The first-order valence-corrected chi connectivity index (χ1v) is 4.36. The van der Waals surface area contributed by atoms with E-state index in [1.807, 2.05) is 30.3 Å². The number of aromatic nitrogens is 1. The van der Waals surface area contributed by atoms with Crippen LogP contribution in [-0.4, -0.2) is 11.3 Å². The molecule has 0 bridgehead atoms. The first-order chi connectivity index (χ1) is 6.90. The fourth-order valence-corrected chi connectivity index (χ4v) is 1.33. The summed E-state index contributed by atoms with van der Waals surface area (Å²) in [6.07, 6.45) is 4.36. The Bertz CT molecular complexity index is 437. The van der Waals surface area contributed by atoms with Gasteiger partial charge in [-0.15, -0.1) is 0 Å². The van der Waals surface area contributed by atoms with Crippen LogP contribution in [0.1, 0.15) is 10.4 Å². The Morgan fingerprint density at radius 1 is 1.07 bits per heavy atom. The first kappa shape index (κ1) is 8.63. The zero-order valence-corrected chi connectivity index (χ0v) is 7.55. The normalized spacial score (nSPS) is 9.71. The van der Waals surface area contributed by atoms with Gasteiger partial charge in [0.05, 0.1) is 0 Å². The van der Waals surface area contributed by atoms with E-state index >= 15 is 0 Å². The third-order valence-electron chi connectivity index (χ3n) is 2.02. The van der Waals surface area contributed by atoms with E-state index in [0.717, 1.165) is 17.4 Å². The molecule has 1 aromatic carbocycles. The summed E-state index contributed by atoms with van der Waals surface area (Å²) < 4.78 is 0. The lowest BCUT2D eigenvalue weighted by Gasteiger charge is -2.00. The van der Waals surface area contributed by atoms with Gasteiger partial charge >= 0.3 is 0 Å². The van der Waals surface area contributed by atoms with Crippen molar-refractivity contribution >= 4 is 6.29 Å². The highest BCUT2D eigenvalue weighted by Crippen LogP contribution is 2.18. The van der Waals surface area contributed by atoms with E-state index in [-0.39, 0.29) is 0 Å². The molecule has 0 radical (unpaired) electrons. The molecule has 0 aliphatic rings. The molecular weight excluding hydrogens is 174 g/mol. The van der Waals surface area contributed by atoms with Crippen LogP contribution in [0.4, 0.5) is 0 Å². The van der Waals surface area contributed by atoms with Crippen LogP contribution >= 0.6 is 0 Å². The van der Waals surface area contributed by atoms with E-state index in [9.17, 15) is 4.79 Å². The van der Waals surface area contributed by atoms with Gasteiger partial charge in [-0.2, -0.15) is 0 Å². The first-order valence-electron chi connectivity index (χ1n) is 4.36. The summed E-state index contributed by atoms with van der Waals surface area (Å²) in [7, 11) is 0. The lowest BCUT2D eigenvalue weighted by atomic mass is 10.1. The molecule has 0 aliphatic heterocycles. The van der Waals surface area contributed by atoms with Crippen molar-refractivity contribution in [2.24, 2.45) is 0 Å². The van der Waals surface area contributed by atoms with Crippen LogP contribution in [-0.2, 0) is 0 Å². The van der Waals surface area contributed by atoms with Crippen molar-refractivity contribution in [1.82, 2.24) is 4.98 Å². The van der Waals surface area contributed by atoms with Crippen LogP contribution < -0.4 is 0 Å². The monoisotopic (exact) mass is 183 g/mol. The Labute approximate surface area is 82.2 Å². The van der Waals surface area contributed by atoms with Gasteiger partial charge < -0.3 is 0 Å². The number of nitrogens with zero attached hydrogens (tertiary/aromatic N) is 1. The lowest BCUT2D eigenvalue weighted by molar-refractivity contribution is 0.112. The van der Waals surface area contributed by atoms with Crippen molar-refractivity contribution < 1.29 is 4.79 Å². The van der Waals surface area contributed by atoms with Gasteiger partial charge in [0.1, 0.15) is 6.29 Å². The fraction of sp³-hybridized carbons (Fsp3) is 0. The molecule has 0 amide bonds. The van der Waals surface area contributed by atoms with Gasteiger partial charge in [0.15, 0.2) is 0 Å². The molecule has 68 valence electrons. The van der Waals surface area contributed by atoms with Crippen molar-refractivity contribution in [1.29, 1.82) is 0 Å². The Kier molecular flexibility index (Phi) is 2.36. The van der Waals surface area contributed by atoms with Gasteiger partial charge in [0.2, 0.25) is 0 Å². The van der Waals surface area contributed by atoms with Crippen LogP contribution in [0.3, 0.4) is 0 Å². The minimum absolute atomic E-state index is 0.686. The van der Waals surface area contributed by atoms with Gasteiger partial charge in [0, 0.05) is 23.5 Å². The highest BCUT2D eigenvalue weighted by atomic mass is 16.1. The minimum atomic E-state index is 0.686. The third kappa shape index (κ3) is 1.69. The molecule has 2 rings (SSSR count). The average Bonchev–Trinajstić information content (AvgIpc) is 2.30. The molecule has 1 heterocycles. The molecule has 0 aliphatic carbocycles. The molecule has 14 heavy (non-hydrogen) atoms. The van der Waals surface area contributed by atoms with Crippen LogP contribution in [0.2, 0.25) is 0 Å². The molecule has 2 nitrogen and oxygen atoms in total. The predicted molar refractivity (Wildman–Crippen MR) is 55.1 cm³/mol. The Hall–Kier alpha value is -1.96. The van der Waals surface area contributed by atoms with Gasteiger partial charge in [-0.05, 0) is 17.7 Å². The molecule has 2 aromatic rings. The van der Waals surface area contributed by atoms with Crippen LogP contribution in [0.15, 0.2) is 48.8 Å². The number of rotatable bonds is 2. The van der Waals surface area contributed by atoms with Gasteiger partial charge in [-0.25, -0.2) is 0 Å².